The van der Waals surface area contributed by atoms with Crippen LogP contribution in [0.25, 0.3) is 0 Å². The molecule has 4 amide bonds. The summed E-state index contributed by atoms with van der Waals surface area (Å²) in [7, 11) is 0. The van der Waals surface area contributed by atoms with Gasteiger partial charge in [0.15, 0.2) is 0 Å². The highest BCUT2D eigenvalue weighted by Gasteiger charge is 2.54. The number of carbonyl (C=O) groups excluding carboxylic acids is 3. The third kappa shape index (κ3) is 2.57. The zero-order valence-corrected chi connectivity index (χ0v) is 13.1. The van der Waals surface area contributed by atoms with Gasteiger partial charge in [-0.3, -0.25) is 19.8 Å². The van der Waals surface area contributed by atoms with Crippen LogP contribution in [0.2, 0.25) is 0 Å². The van der Waals surface area contributed by atoms with Crippen molar-refractivity contribution >= 4 is 29.6 Å². The molecule has 0 aromatic heterocycles. The molecule has 0 radical (unpaired) electrons. The van der Waals surface area contributed by atoms with E-state index in [2.05, 4.69) is 5.32 Å². The van der Waals surface area contributed by atoms with Gasteiger partial charge in [-0.2, -0.15) is 11.8 Å². The van der Waals surface area contributed by atoms with Crippen LogP contribution in [-0.2, 0) is 9.59 Å². The molecule has 1 aliphatic carbocycles. The van der Waals surface area contributed by atoms with Crippen LogP contribution < -0.4 is 5.32 Å². The number of thioether (sulfide) groups is 1. The maximum atomic E-state index is 12.8. The Hall–Kier alpha value is -1.04. The lowest BCUT2D eigenvalue weighted by molar-refractivity contribution is -0.154. The second-order valence-electron chi connectivity index (χ2n) is 6.26. The molecule has 0 atom stereocenters. The Morgan fingerprint density at radius 1 is 1.20 bits per heavy atom. The molecule has 0 aromatic carbocycles. The number of rotatable bonds is 3. The number of carbonyl (C=O) groups is 3. The van der Waals surface area contributed by atoms with Gasteiger partial charge in [-0.1, -0.05) is 19.3 Å². The highest BCUT2D eigenvalue weighted by Crippen LogP contribution is 2.40. The molecule has 2 fully saturated rings. The average molecular weight is 298 g/mol. The summed E-state index contributed by atoms with van der Waals surface area (Å²) in [6.07, 6.45) is 5.85. The largest absolute Gasteiger partial charge is 0.330 e. The standard InChI is InChI=1S/C14H22N2O3S/c1-13(2,20-3)9-16-11(18)14(7-5-4-6-8-14)10(17)15-12(16)19/h4-9H2,1-3H3,(H,15,17,19). The number of nitrogens with one attached hydrogen (secondary N) is 1. The molecule has 1 saturated carbocycles. The minimum atomic E-state index is -0.999. The monoisotopic (exact) mass is 298 g/mol. The van der Waals surface area contributed by atoms with E-state index < -0.39 is 17.4 Å². The summed E-state index contributed by atoms with van der Waals surface area (Å²) >= 11 is 1.60. The van der Waals surface area contributed by atoms with Crippen LogP contribution in [-0.4, -0.2) is 40.3 Å². The molecule has 0 aromatic rings. The Kier molecular flexibility index (Phi) is 4.14. The van der Waals surface area contributed by atoms with Gasteiger partial charge in [-0.25, -0.2) is 4.79 Å². The molecule has 1 aliphatic heterocycles. The Labute approximate surface area is 123 Å². The van der Waals surface area contributed by atoms with Crippen LogP contribution in [0, 0.1) is 5.41 Å². The van der Waals surface area contributed by atoms with Crippen molar-refractivity contribution in [1.29, 1.82) is 0 Å². The van der Waals surface area contributed by atoms with Crippen molar-refractivity contribution in [2.24, 2.45) is 5.41 Å². The highest BCUT2D eigenvalue weighted by atomic mass is 32.2. The Morgan fingerprint density at radius 3 is 2.35 bits per heavy atom. The molecule has 5 nitrogen and oxygen atoms in total. The Balaban J connectivity index is 2.27. The molecule has 1 spiro atoms. The Morgan fingerprint density at radius 2 is 1.80 bits per heavy atom. The maximum absolute atomic E-state index is 12.8. The van der Waals surface area contributed by atoms with Crippen molar-refractivity contribution in [2.45, 2.75) is 50.7 Å². The van der Waals surface area contributed by atoms with Gasteiger partial charge in [-0.05, 0) is 32.9 Å². The van der Waals surface area contributed by atoms with Crippen molar-refractivity contribution < 1.29 is 14.4 Å². The second kappa shape index (κ2) is 5.39. The summed E-state index contributed by atoms with van der Waals surface area (Å²) in [4.78, 5) is 38.2. The van der Waals surface area contributed by atoms with Crippen molar-refractivity contribution in [3.05, 3.63) is 0 Å². The first-order valence-corrected chi connectivity index (χ1v) is 8.27. The molecular weight excluding hydrogens is 276 g/mol. The average Bonchev–Trinajstić information content (AvgIpc) is 2.43. The quantitative estimate of drug-likeness (QED) is 0.811. The zero-order chi connectivity index (χ0) is 15.0. The number of imide groups is 2. The molecule has 1 N–H and O–H groups in total. The fourth-order valence-corrected chi connectivity index (χ4v) is 3.18. The van der Waals surface area contributed by atoms with E-state index in [0.29, 0.717) is 19.4 Å². The minimum Gasteiger partial charge on any atom is -0.277 e. The first kappa shape index (κ1) is 15.4. The molecular formula is C14H22N2O3S. The fourth-order valence-electron chi connectivity index (χ4n) is 2.92. The van der Waals surface area contributed by atoms with Gasteiger partial charge < -0.3 is 0 Å². The molecule has 0 bridgehead atoms. The van der Waals surface area contributed by atoms with Crippen LogP contribution in [0.15, 0.2) is 0 Å². The zero-order valence-electron chi connectivity index (χ0n) is 12.3. The van der Waals surface area contributed by atoms with Gasteiger partial charge in [0.25, 0.3) is 0 Å². The van der Waals surface area contributed by atoms with Crippen molar-refractivity contribution in [2.75, 3.05) is 12.8 Å². The summed E-state index contributed by atoms with van der Waals surface area (Å²) in [6, 6.07) is -0.571. The molecule has 1 saturated heterocycles. The summed E-state index contributed by atoms with van der Waals surface area (Å²) in [5.41, 5.74) is -0.999. The van der Waals surface area contributed by atoms with Crippen molar-refractivity contribution in [3.8, 4) is 0 Å². The van der Waals surface area contributed by atoms with E-state index in [4.69, 9.17) is 0 Å². The molecule has 112 valence electrons. The van der Waals surface area contributed by atoms with E-state index in [1.807, 2.05) is 20.1 Å². The maximum Gasteiger partial charge on any atom is 0.330 e. The number of nitrogens with zero attached hydrogens (tertiary/aromatic N) is 1. The third-order valence-corrected chi connectivity index (χ3v) is 5.59. The van der Waals surface area contributed by atoms with Crippen molar-refractivity contribution in [3.63, 3.8) is 0 Å². The summed E-state index contributed by atoms with van der Waals surface area (Å²) in [6.45, 7) is 4.30. The first-order valence-electron chi connectivity index (χ1n) is 7.05. The van der Waals surface area contributed by atoms with E-state index in [-0.39, 0.29) is 10.7 Å². The minimum absolute atomic E-state index is 0.219. The summed E-state index contributed by atoms with van der Waals surface area (Å²) in [5.74, 6) is -0.696. The number of amides is 4. The molecule has 0 unspecified atom stereocenters. The van der Waals surface area contributed by atoms with Crippen LogP contribution >= 0.6 is 11.8 Å². The van der Waals surface area contributed by atoms with Crippen LogP contribution in [0.5, 0.6) is 0 Å². The van der Waals surface area contributed by atoms with Crippen LogP contribution in [0.4, 0.5) is 4.79 Å². The van der Waals surface area contributed by atoms with Gasteiger partial charge in [0.05, 0.1) is 0 Å². The van der Waals surface area contributed by atoms with Gasteiger partial charge in [0.1, 0.15) is 5.41 Å². The number of hydrogen-bond donors (Lipinski definition) is 1. The van der Waals surface area contributed by atoms with Gasteiger partial charge in [-0.15, -0.1) is 0 Å². The van der Waals surface area contributed by atoms with Crippen LogP contribution in [0.3, 0.4) is 0 Å². The fraction of sp³-hybridized carbons (Fsp3) is 0.786. The summed E-state index contributed by atoms with van der Waals surface area (Å²) in [5, 5.41) is 2.38. The SMILES string of the molecule is CSC(C)(C)CN1C(=O)NC(=O)C2(CCCCC2)C1=O. The van der Waals surface area contributed by atoms with E-state index >= 15 is 0 Å². The van der Waals surface area contributed by atoms with E-state index in [1.165, 1.54) is 4.90 Å². The molecule has 20 heavy (non-hydrogen) atoms. The van der Waals surface area contributed by atoms with Gasteiger partial charge in [0, 0.05) is 11.3 Å². The smallest absolute Gasteiger partial charge is 0.277 e. The normalized spacial score (nSPS) is 23.1. The predicted octanol–water partition coefficient (Wildman–Crippen LogP) is 2.16. The first-order chi connectivity index (χ1) is 9.32. The van der Waals surface area contributed by atoms with Crippen LogP contribution in [0.1, 0.15) is 46.0 Å². The molecule has 2 aliphatic rings. The molecule has 2 rings (SSSR count). The number of hydrogen-bond acceptors (Lipinski definition) is 4. The van der Waals surface area contributed by atoms with E-state index in [9.17, 15) is 14.4 Å². The lowest BCUT2D eigenvalue weighted by Gasteiger charge is -2.43. The molecule has 6 heteroatoms. The topological polar surface area (TPSA) is 66.5 Å². The van der Waals surface area contributed by atoms with Crippen molar-refractivity contribution in [1.82, 2.24) is 10.2 Å². The molecule has 1 heterocycles. The number of urea groups is 1. The summed E-state index contributed by atoms with van der Waals surface area (Å²) < 4.78 is -0.219. The Bertz CT molecular complexity index is 442. The second-order valence-corrected chi connectivity index (χ2v) is 7.77. The third-order valence-electron chi connectivity index (χ3n) is 4.35. The van der Waals surface area contributed by atoms with Gasteiger partial charge >= 0.3 is 6.03 Å². The lowest BCUT2D eigenvalue weighted by atomic mass is 9.71. The van der Waals surface area contributed by atoms with E-state index in [1.54, 1.807) is 11.8 Å². The predicted molar refractivity (Wildman–Crippen MR) is 78.4 cm³/mol. The van der Waals surface area contributed by atoms with Gasteiger partial charge in [0.2, 0.25) is 11.8 Å². The van der Waals surface area contributed by atoms with E-state index in [0.717, 1.165) is 19.3 Å². The number of barbiturate groups is 1. The lowest BCUT2D eigenvalue weighted by Crippen LogP contribution is -2.65. The highest BCUT2D eigenvalue weighted by molar-refractivity contribution is 7.99.